The van der Waals surface area contributed by atoms with Crippen LogP contribution in [0.4, 0.5) is 0 Å². The number of nitrogens with zero attached hydrogens (tertiary/aromatic N) is 1. The van der Waals surface area contributed by atoms with Gasteiger partial charge in [-0.05, 0) is 31.2 Å². The molecule has 1 saturated carbocycles. The van der Waals surface area contributed by atoms with Crippen LogP contribution in [0.3, 0.4) is 0 Å². The Morgan fingerprint density at radius 1 is 1.40 bits per heavy atom. The maximum absolute atomic E-state index is 8.70. The highest BCUT2D eigenvalue weighted by molar-refractivity contribution is 5.04. The molecule has 1 heterocycles. The minimum Gasteiger partial charge on any atom is -0.301 e. The van der Waals surface area contributed by atoms with E-state index in [0.29, 0.717) is 5.92 Å². The van der Waals surface area contributed by atoms with E-state index in [2.05, 4.69) is 11.4 Å². The molecule has 2 rings (SSSR count). The predicted molar refractivity (Wildman–Crippen MR) is 38.2 cm³/mol. The summed E-state index contributed by atoms with van der Waals surface area (Å²) in [6.45, 7) is 1.09. The monoisotopic (exact) mass is 136 g/mol. The van der Waals surface area contributed by atoms with E-state index in [-0.39, 0.29) is 6.04 Å². The van der Waals surface area contributed by atoms with Gasteiger partial charge in [-0.2, -0.15) is 5.26 Å². The lowest BCUT2D eigenvalue weighted by Crippen LogP contribution is -2.24. The fourth-order valence-electron chi connectivity index (χ4n) is 2.33. The molecule has 3 atom stereocenters. The van der Waals surface area contributed by atoms with Gasteiger partial charge in [-0.3, -0.25) is 0 Å². The van der Waals surface area contributed by atoms with Crippen LogP contribution in [0.1, 0.15) is 19.3 Å². The van der Waals surface area contributed by atoms with Crippen LogP contribution in [-0.2, 0) is 0 Å². The number of nitriles is 1. The highest BCUT2D eigenvalue weighted by Crippen LogP contribution is 2.37. The van der Waals surface area contributed by atoms with Gasteiger partial charge in [0.05, 0.1) is 12.1 Å². The molecule has 1 aliphatic carbocycles. The largest absolute Gasteiger partial charge is 0.301 e. The molecule has 1 aliphatic heterocycles. The number of fused-ring (bicyclic) bond motifs is 1. The van der Waals surface area contributed by atoms with Gasteiger partial charge in [0.1, 0.15) is 0 Å². The molecule has 0 aromatic heterocycles. The standard InChI is InChI=1S/C8H12N2/c9-4-8-7-3-1-2-6(7)5-10-8/h6-8,10H,1-3,5H2/t6-,7-,8+/m0/s1. The number of hydrogen-bond acceptors (Lipinski definition) is 2. The lowest BCUT2D eigenvalue weighted by atomic mass is 9.95. The number of nitrogens with one attached hydrogen (secondary N) is 1. The van der Waals surface area contributed by atoms with Crippen LogP contribution < -0.4 is 5.32 Å². The molecule has 0 amide bonds. The molecule has 2 heteroatoms. The fourth-order valence-corrected chi connectivity index (χ4v) is 2.33. The molecular weight excluding hydrogens is 124 g/mol. The highest BCUT2D eigenvalue weighted by atomic mass is 15.0. The Hall–Kier alpha value is -0.550. The molecule has 0 aromatic carbocycles. The molecule has 1 saturated heterocycles. The average Bonchev–Trinajstić information content (AvgIpc) is 2.44. The van der Waals surface area contributed by atoms with E-state index in [4.69, 9.17) is 5.26 Å². The van der Waals surface area contributed by atoms with Crippen molar-refractivity contribution in [3.8, 4) is 6.07 Å². The summed E-state index contributed by atoms with van der Waals surface area (Å²) in [5.41, 5.74) is 0. The van der Waals surface area contributed by atoms with E-state index in [1.165, 1.54) is 19.3 Å². The SMILES string of the molecule is N#C[C@H]1NC[C@@H]2CCC[C@@H]21. The van der Waals surface area contributed by atoms with Gasteiger partial charge in [-0.25, -0.2) is 0 Å². The Bertz CT molecular complexity index is 171. The van der Waals surface area contributed by atoms with E-state index in [1.807, 2.05) is 0 Å². The van der Waals surface area contributed by atoms with Crippen LogP contribution >= 0.6 is 0 Å². The first-order valence-electron chi connectivity index (χ1n) is 4.05. The van der Waals surface area contributed by atoms with Gasteiger partial charge >= 0.3 is 0 Å². The van der Waals surface area contributed by atoms with Crippen LogP contribution in [-0.4, -0.2) is 12.6 Å². The summed E-state index contributed by atoms with van der Waals surface area (Å²) < 4.78 is 0. The second-order valence-corrected chi connectivity index (χ2v) is 3.37. The second kappa shape index (κ2) is 2.25. The minimum atomic E-state index is 0.174. The van der Waals surface area contributed by atoms with E-state index in [9.17, 15) is 0 Å². The van der Waals surface area contributed by atoms with Crippen molar-refractivity contribution in [2.24, 2.45) is 11.8 Å². The Kier molecular flexibility index (Phi) is 1.39. The molecule has 2 aliphatic rings. The molecule has 0 aromatic rings. The lowest BCUT2D eigenvalue weighted by molar-refractivity contribution is 0.460. The smallest absolute Gasteiger partial charge is 0.0984 e. The Balaban J connectivity index is 2.10. The van der Waals surface area contributed by atoms with E-state index in [1.54, 1.807) is 0 Å². The Morgan fingerprint density at radius 3 is 3.10 bits per heavy atom. The highest BCUT2D eigenvalue weighted by Gasteiger charge is 2.38. The molecule has 0 unspecified atom stereocenters. The minimum absolute atomic E-state index is 0.174. The van der Waals surface area contributed by atoms with Crippen LogP contribution in [0, 0.1) is 23.2 Å². The summed E-state index contributed by atoms with van der Waals surface area (Å²) >= 11 is 0. The zero-order valence-electron chi connectivity index (χ0n) is 6.01. The van der Waals surface area contributed by atoms with Gasteiger partial charge in [0.15, 0.2) is 0 Å². The topological polar surface area (TPSA) is 35.8 Å². The third-order valence-electron chi connectivity index (χ3n) is 2.89. The third-order valence-corrected chi connectivity index (χ3v) is 2.89. The predicted octanol–water partition coefficient (Wildman–Crippen LogP) is 0.898. The molecule has 0 radical (unpaired) electrons. The van der Waals surface area contributed by atoms with Gasteiger partial charge < -0.3 is 5.32 Å². The van der Waals surface area contributed by atoms with Crippen molar-refractivity contribution in [1.29, 1.82) is 5.26 Å². The third kappa shape index (κ3) is 0.741. The van der Waals surface area contributed by atoms with Crippen molar-refractivity contribution in [2.75, 3.05) is 6.54 Å². The molecule has 1 N–H and O–H groups in total. The van der Waals surface area contributed by atoms with Crippen molar-refractivity contribution < 1.29 is 0 Å². The average molecular weight is 136 g/mol. The lowest BCUT2D eigenvalue weighted by Gasteiger charge is -2.08. The van der Waals surface area contributed by atoms with Crippen molar-refractivity contribution in [2.45, 2.75) is 25.3 Å². The normalized spacial score (nSPS) is 44.9. The summed E-state index contributed by atoms with van der Waals surface area (Å²) in [6.07, 6.45) is 3.96. The van der Waals surface area contributed by atoms with Crippen molar-refractivity contribution >= 4 is 0 Å². The van der Waals surface area contributed by atoms with Gasteiger partial charge in [0.2, 0.25) is 0 Å². The summed E-state index contributed by atoms with van der Waals surface area (Å²) in [5.74, 6) is 1.51. The number of hydrogen-bond donors (Lipinski definition) is 1. The van der Waals surface area contributed by atoms with Crippen LogP contribution in [0.15, 0.2) is 0 Å². The molecule has 2 fully saturated rings. The number of rotatable bonds is 0. The summed E-state index contributed by atoms with van der Waals surface area (Å²) in [4.78, 5) is 0. The van der Waals surface area contributed by atoms with Crippen molar-refractivity contribution in [3.05, 3.63) is 0 Å². The molecule has 0 spiro atoms. The Morgan fingerprint density at radius 2 is 2.30 bits per heavy atom. The zero-order chi connectivity index (χ0) is 6.97. The van der Waals surface area contributed by atoms with Crippen molar-refractivity contribution in [3.63, 3.8) is 0 Å². The van der Waals surface area contributed by atoms with E-state index >= 15 is 0 Å². The quantitative estimate of drug-likeness (QED) is 0.537. The van der Waals surface area contributed by atoms with Crippen LogP contribution in [0.2, 0.25) is 0 Å². The van der Waals surface area contributed by atoms with E-state index in [0.717, 1.165) is 12.5 Å². The second-order valence-electron chi connectivity index (χ2n) is 3.37. The first-order chi connectivity index (χ1) is 4.92. The Labute approximate surface area is 61.2 Å². The summed E-state index contributed by atoms with van der Waals surface area (Å²) in [5, 5.41) is 11.9. The van der Waals surface area contributed by atoms with Gasteiger partial charge in [-0.15, -0.1) is 0 Å². The first kappa shape index (κ1) is 6.18. The summed E-state index contributed by atoms with van der Waals surface area (Å²) in [6, 6.07) is 2.50. The molecule has 0 bridgehead atoms. The summed E-state index contributed by atoms with van der Waals surface area (Å²) in [7, 11) is 0. The van der Waals surface area contributed by atoms with Gasteiger partial charge in [0, 0.05) is 0 Å². The van der Waals surface area contributed by atoms with Gasteiger partial charge in [0.25, 0.3) is 0 Å². The molecule has 54 valence electrons. The van der Waals surface area contributed by atoms with Crippen LogP contribution in [0.25, 0.3) is 0 Å². The zero-order valence-corrected chi connectivity index (χ0v) is 6.01. The van der Waals surface area contributed by atoms with Crippen molar-refractivity contribution in [1.82, 2.24) is 5.32 Å². The maximum atomic E-state index is 8.70. The molecule has 2 nitrogen and oxygen atoms in total. The maximum Gasteiger partial charge on any atom is 0.0984 e. The molecule has 10 heavy (non-hydrogen) atoms. The van der Waals surface area contributed by atoms with Crippen LogP contribution in [0.5, 0.6) is 0 Å². The van der Waals surface area contributed by atoms with Gasteiger partial charge in [-0.1, -0.05) is 6.42 Å². The fraction of sp³-hybridized carbons (Fsp3) is 0.875. The van der Waals surface area contributed by atoms with E-state index < -0.39 is 0 Å². The first-order valence-corrected chi connectivity index (χ1v) is 4.05. The molecular formula is C8H12N2.